The van der Waals surface area contributed by atoms with Gasteiger partial charge in [0, 0.05) is 20.0 Å². The molecule has 1 N–H and O–H groups in total. The average Bonchev–Trinajstić information content (AvgIpc) is 2.84. The molecule has 0 aliphatic carbocycles. The molecule has 0 saturated carbocycles. The largest absolute Gasteiger partial charge is 0.494 e. The van der Waals surface area contributed by atoms with Gasteiger partial charge in [-0.2, -0.15) is 4.99 Å². The number of nitrogens with one attached hydrogen (secondary N) is 1. The fraction of sp³-hybridized carbons (Fsp3) is 0.429. The number of anilines is 1. The van der Waals surface area contributed by atoms with Crippen molar-refractivity contribution in [1.82, 2.24) is 4.90 Å². The van der Waals surface area contributed by atoms with Gasteiger partial charge in [0.15, 0.2) is 0 Å². The third-order valence-electron chi connectivity index (χ3n) is 3.22. The normalized spacial score (nSPS) is 16.4. The van der Waals surface area contributed by atoms with Crippen LogP contribution in [0.3, 0.4) is 0 Å². The van der Waals surface area contributed by atoms with E-state index in [1.807, 2.05) is 11.9 Å². The van der Waals surface area contributed by atoms with E-state index in [9.17, 15) is 4.79 Å². The highest BCUT2D eigenvalue weighted by molar-refractivity contribution is 6.01. The average molecular weight is 277 g/mol. The van der Waals surface area contributed by atoms with Crippen LogP contribution in [-0.2, 0) is 0 Å². The van der Waals surface area contributed by atoms with Gasteiger partial charge in [-0.25, -0.2) is 4.79 Å². The summed E-state index contributed by atoms with van der Waals surface area (Å²) in [4.78, 5) is 18.1. The first kappa shape index (κ1) is 14.2. The van der Waals surface area contributed by atoms with Crippen molar-refractivity contribution in [3.8, 4) is 11.5 Å². The van der Waals surface area contributed by atoms with Crippen LogP contribution in [0.15, 0.2) is 23.2 Å². The van der Waals surface area contributed by atoms with E-state index in [0.717, 1.165) is 25.2 Å². The molecule has 1 fully saturated rings. The first-order valence-corrected chi connectivity index (χ1v) is 6.46. The second-order valence-electron chi connectivity index (χ2n) is 4.52. The number of benzene rings is 1. The van der Waals surface area contributed by atoms with Crippen molar-refractivity contribution in [2.75, 3.05) is 33.1 Å². The van der Waals surface area contributed by atoms with Crippen molar-refractivity contribution < 1.29 is 14.3 Å². The predicted octanol–water partition coefficient (Wildman–Crippen LogP) is 2.36. The van der Waals surface area contributed by atoms with Gasteiger partial charge in [0.25, 0.3) is 0 Å². The second kappa shape index (κ2) is 6.27. The molecule has 0 unspecified atom stereocenters. The van der Waals surface area contributed by atoms with Crippen LogP contribution in [0.25, 0.3) is 0 Å². The van der Waals surface area contributed by atoms with E-state index < -0.39 is 6.03 Å². The summed E-state index contributed by atoms with van der Waals surface area (Å²) in [5, 5.41) is 2.73. The molecule has 1 saturated heterocycles. The van der Waals surface area contributed by atoms with Gasteiger partial charge < -0.3 is 14.4 Å². The third kappa shape index (κ3) is 3.01. The number of urea groups is 1. The highest BCUT2D eigenvalue weighted by atomic mass is 16.5. The van der Waals surface area contributed by atoms with Crippen molar-refractivity contribution in [3.63, 3.8) is 0 Å². The quantitative estimate of drug-likeness (QED) is 0.921. The van der Waals surface area contributed by atoms with Crippen LogP contribution >= 0.6 is 0 Å². The maximum absolute atomic E-state index is 12.0. The van der Waals surface area contributed by atoms with E-state index in [4.69, 9.17) is 9.47 Å². The van der Waals surface area contributed by atoms with Crippen molar-refractivity contribution in [2.45, 2.75) is 12.8 Å². The molecule has 2 rings (SSSR count). The van der Waals surface area contributed by atoms with Gasteiger partial charge in [-0.05, 0) is 18.6 Å². The summed E-state index contributed by atoms with van der Waals surface area (Å²) in [6.07, 6.45) is 1.85. The molecule has 0 radical (unpaired) electrons. The SMILES string of the molecule is COc1cccc(OC)c1NC(=O)/N=C1\CCCN1C. The van der Waals surface area contributed by atoms with E-state index in [2.05, 4.69) is 10.3 Å². The van der Waals surface area contributed by atoms with E-state index in [-0.39, 0.29) is 0 Å². The number of methoxy groups -OCH3 is 2. The number of hydrogen-bond donors (Lipinski definition) is 1. The Labute approximate surface area is 118 Å². The minimum Gasteiger partial charge on any atom is -0.494 e. The van der Waals surface area contributed by atoms with E-state index >= 15 is 0 Å². The predicted molar refractivity (Wildman–Crippen MR) is 77.9 cm³/mol. The first-order chi connectivity index (χ1) is 9.65. The van der Waals surface area contributed by atoms with Gasteiger partial charge >= 0.3 is 6.03 Å². The van der Waals surface area contributed by atoms with E-state index in [1.165, 1.54) is 0 Å². The molecule has 0 bridgehead atoms. The number of aliphatic imine (C=N–C) groups is 1. The number of likely N-dealkylation sites (tertiary alicyclic amines) is 1. The topological polar surface area (TPSA) is 63.2 Å². The maximum Gasteiger partial charge on any atom is 0.347 e. The monoisotopic (exact) mass is 277 g/mol. The summed E-state index contributed by atoms with van der Waals surface area (Å²) in [6, 6.07) is 4.89. The Morgan fingerprint density at radius 1 is 1.30 bits per heavy atom. The summed E-state index contributed by atoms with van der Waals surface area (Å²) < 4.78 is 10.5. The number of rotatable bonds is 3. The highest BCUT2D eigenvalue weighted by Gasteiger charge is 2.17. The van der Waals surface area contributed by atoms with Crippen molar-refractivity contribution >= 4 is 17.6 Å². The number of amidine groups is 1. The van der Waals surface area contributed by atoms with Gasteiger partial charge in [-0.15, -0.1) is 0 Å². The van der Waals surface area contributed by atoms with Crippen LogP contribution in [-0.4, -0.2) is 44.6 Å². The van der Waals surface area contributed by atoms with Crippen molar-refractivity contribution in [2.24, 2.45) is 4.99 Å². The van der Waals surface area contributed by atoms with Crippen LogP contribution in [0.2, 0.25) is 0 Å². The molecular formula is C14H19N3O3. The minimum atomic E-state index is -0.420. The molecule has 108 valence electrons. The Bertz CT molecular complexity index is 506. The molecule has 0 aromatic heterocycles. The molecule has 20 heavy (non-hydrogen) atoms. The number of carbonyl (C=O) groups is 1. The highest BCUT2D eigenvalue weighted by Crippen LogP contribution is 2.34. The molecule has 2 amide bonds. The Kier molecular flexibility index (Phi) is 4.45. The fourth-order valence-corrected chi connectivity index (χ4v) is 2.16. The number of nitrogens with zero attached hydrogens (tertiary/aromatic N) is 2. The molecule has 1 aliphatic rings. The zero-order chi connectivity index (χ0) is 14.5. The van der Waals surface area contributed by atoms with Gasteiger partial charge in [0.05, 0.1) is 14.2 Å². The summed E-state index contributed by atoms with van der Waals surface area (Å²) >= 11 is 0. The van der Waals surface area contributed by atoms with Gasteiger partial charge in [0.2, 0.25) is 0 Å². The van der Waals surface area contributed by atoms with Crippen LogP contribution in [0.5, 0.6) is 11.5 Å². The number of para-hydroxylation sites is 1. The lowest BCUT2D eigenvalue weighted by Gasteiger charge is -2.14. The lowest BCUT2D eigenvalue weighted by atomic mass is 10.2. The Balaban J connectivity index is 2.19. The molecule has 6 nitrogen and oxygen atoms in total. The van der Waals surface area contributed by atoms with Crippen molar-refractivity contribution in [3.05, 3.63) is 18.2 Å². The first-order valence-electron chi connectivity index (χ1n) is 6.46. The zero-order valence-electron chi connectivity index (χ0n) is 12.0. The standard InChI is InChI=1S/C14H19N3O3/c1-17-9-5-8-12(17)15-14(18)16-13-10(19-2)6-4-7-11(13)20-3/h4,6-7H,5,8-9H2,1-3H3,(H,16,18)/b15-12+. The maximum atomic E-state index is 12.0. The molecule has 0 atom stereocenters. The van der Waals surface area contributed by atoms with E-state index in [1.54, 1.807) is 32.4 Å². The summed E-state index contributed by atoms with van der Waals surface area (Å²) in [7, 11) is 5.02. The molecule has 6 heteroatoms. The molecule has 1 aromatic carbocycles. The minimum absolute atomic E-state index is 0.420. The Morgan fingerprint density at radius 3 is 2.45 bits per heavy atom. The number of carbonyl (C=O) groups excluding carboxylic acids is 1. The second-order valence-corrected chi connectivity index (χ2v) is 4.52. The zero-order valence-corrected chi connectivity index (χ0v) is 12.0. The Hall–Kier alpha value is -2.24. The van der Waals surface area contributed by atoms with Gasteiger partial charge in [-0.1, -0.05) is 6.07 Å². The van der Waals surface area contributed by atoms with Crippen LogP contribution in [0, 0.1) is 0 Å². The van der Waals surface area contributed by atoms with Crippen LogP contribution < -0.4 is 14.8 Å². The lowest BCUT2D eigenvalue weighted by molar-refractivity contribution is 0.259. The fourth-order valence-electron chi connectivity index (χ4n) is 2.16. The van der Waals surface area contributed by atoms with Crippen LogP contribution in [0.4, 0.5) is 10.5 Å². The smallest absolute Gasteiger partial charge is 0.347 e. The number of hydrogen-bond acceptors (Lipinski definition) is 3. The molecule has 1 heterocycles. The molecular weight excluding hydrogens is 258 g/mol. The number of ether oxygens (including phenoxy) is 2. The van der Waals surface area contributed by atoms with Crippen molar-refractivity contribution in [1.29, 1.82) is 0 Å². The molecule has 0 spiro atoms. The van der Waals surface area contributed by atoms with Gasteiger partial charge in [-0.3, -0.25) is 5.32 Å². The summed E-state index contributed by atoms with van der Waals surface area (Å²) in [5.74, 6) is 1.88. The third-order valence-corrected chi connectivity index (χ3v) is 3.22. The van der Waals surface area contributed by atoms with E-state index in [0.29, 0.717) is 17.2 Å². The molecule has 1 aliphatic heterocycles. The summed E-state index contributed by atoms with van der Waals surface area (Å²) in [6.45, 7) is 0.935. The number of amides is 2. The summed E-state index contributed by atoms with van der Waals surface area (Å²) in [5.41, 5.74) is 0.493. The molecule has 1 aromatic rings. The Morgan fingerprint density at radius 2 is 1.95 bits per heavy atom. The van der Waals surface area contributed by atoms with Crippen LogP contribution in [0.1, 0.15) is 12.8 Å². The lowest BCUT2D eigenvalue weighted by Crippen LogP contribution is -2.21. The van der Waals surface area contributed by atoms with Gasteiger partial charge in [0.1, 0.15) is 23.0 Å².